The number of ether oxygens (including phenoxy) is 1. The maximum Gasteiger partial charge on any atom is 0.222 e. The topological polar surface area (TPSA) is 41.6 Å². The molecule has 4 heteroatoms. The maximum absolute atomic E-state index is 12.3. The molecule has 1 N–H and O–H groups in total. The predicted octanol–water partition coefficient (Wildman–Crippen LogP) is 1.01. The first-order chi connectivity index (χ1) is 8.75. The van der Waals surface area contributed by atoms with Crippen LogP contribution in [0.2, 0.25) is 0 Å². The number of carbonyl (C=O) groups excluding carboxylic acids is 1. The molecule has 1 amide bonds. The highest BCUT2D eigenvalue weighted by molar-refractivity contribution is 5.77. The Bertz CT molecular complexity index is 315. The summed E-state index contributed by atoms with van der Waals surface area (Å²) in [6.07, 6.45) is 4.22. The van der Waals surface area contributed by atoms with E-state index in [2.05, 4.69) is 17.1 Å². The predicted molar refractivity (Wildman–Crippen MR) is 69.2 cm³/mol. The number of nitrogens with one attached hydrogen (secondary N) is 1. The monoisotopic (exact) mass is 252 g/mol. The smallest absolute Gasteiger partial charge is 0.222 e. The summed E-state index contributed by atoms with van der Waals surface area (Å²) in [5.74, 6) is 1.70. The molecule has 4 nitrogen and oxygen atoms in total. The first-order valence-corrected chi connectivity index (χ1v) is 7.37. The van der Waals surface area contributed by atoms with E-state index >= 15 is 0 Å². The Labute approximate surface area is 109 Å². The molecule has 18 heavy (non-hydrogen) atoms. The average Bonchev–Trinajstić information content (AvgIpc) is 3.05. The van der Waals surface area contributed by atoms with Crippen molar-refractivity contribution in [3.63, 3.8) is 0 Å². The standard InChI is InChI=1S/C14H24N2O2/c1-10-13-8-15-7-11(13)9-16(10)14(17)5-4-12-3-2-6-18-12/h10-13,15H,2-9H2,1H3. The van der Waals surface area contributed by atoms with Crippen LogP contribution in [0.25, 0.3) is 0 Å². The van der Waals surface area contributed by atoms with E-state index in [1.807, 2.05) is 0 Å². The van der Waals surface area contributed by atoms with Crippen LogP contribution in [-0.4, -0.2) is 49.2 Å². The summed E-state index contributed by atoms with van der Waals surface area (Å²) < 4.78 is 5.59. The number of hydrogen-bond acceptors (Lipinski definition) is 3. The van der Waals surface area contributed by atoms with Gasteiger partial charge in [0.05, 0.1) is 6.10 Å². The van der Waals surface area contributed by atoms with Crippen molar-refractivity contribution >= 4 is 5.91 Å². The fraction of sp³-hybridized carbons (Fsp3) is 0.929. The molecule has 0 bridgehead atoms. The summed E-state index contributed by atoms with van der Waals surface area (Å²) >= 11 is 0. The van der Waals surface area contributed by atoms with Crippen LogP contribution in [0, 0.1) is 11.8 Å². The first-order valence-electron chi connectivity index (χ1n) is 7.37. The molecule has 0 aromatic rings. The van der Waals surface area contributed by atoms with Gasteiger partial charge in [-0.05, 0) is 38.0 Å². The number of carbonyl (C=O) groups is 1. The molecule has 3 aliphatic rings. The van der Waals surface area contributed by atoms with Crippen LogP contribution in [0.1, 0.15) is 32.6 Å². The molecule has 3 aliphatic heterocycles. The number of fused-ring (bicyclic) bond motifs is 1. The summed E-state index contributed by atoms with van der Waals surface area (Å²) in [6.45, 7) is 6.23. The molecule has 3 rings (SSSR count). The van der Waals surface area contributed by atoms with Crippen LogP contribution in [0.3, 0.4) is 0 Å². The summed E-state index contributed by atoms with van der Waals surface area (Å²) in [5.41, 5.74) is 0. The molecular weight excluding hydrogens is 228 g/mol. The van der Waals surface area contributed by atoms with Gasteiger partial charge in [-0.2, -0.15) is 0 Å². The lowest BCUT2D eigenvalue weighted by molar-refractivity contribution is -0.132. The van der Waals surface area contributed by atoms with E-state index in [-0.39, 0.29) is 0 Å². The summed E-state index contributed by atoms with van der Waals surface area (Å²) in [4.78, 5) is 14.4. The molecule has 0 aromatic carbocycles. The van der Waals surface area contributed by atoms with Gasteiger partial charge in [-0.15, -0.1) is 0 Å². The highest BCUT2D eigenvalue weighted by Crippen LogP contribution is 2.33. The van der Waals surface area contributed by atoms with Gasteiger partial charge in [0.25, 0.3) is 0 Å². The van der Waals surface area contributed by atoms with E-state index in [1.54, 1.807) is 0 Å². The molecule has 102 valence electrons. The number of rotatable bonds is 3. The maximum atomic E-state index is 12.3. The zero-order valence-electron chi connectivity index (χ0n) is 11.2. The van der Waals surface area contributed by atoms with Gasteiger partial charge in [0.1, 0.15) is 0 Å². The minimum Gasteiger partial charge on any atom is -0.378 e. The first kappa shape index (κ1) is 12.4. The third-order valence-electron chi connectivity index (χ3n) is 4.96. The number of nitrogens with zero attached hydrogens (tertiary/aromatic N) is 1. The Balaban J connectivity index is 1.50. The highest BCUT2D eigenvalue weighted by atomic mass is 16.5. The molecule has 0 aliphatic carbocycles. The van der Waals surface area contributed by atoms with Crippen molar-refractivity contribution in [2.45, 2.75) is 44.8 Å². The normalized spacial score (nSPS) is 39.3. The third kappa shape index (κ3) is 2.28. The molecule has 0 aromatic heterocycles. The van der Waals surface area contributed by atoms with E-state index in [0.29, 0.717) is 36.3 Å². The second-order valence-electron chi connectivity index (χ2n) is 6.04. The molecule has 4 atom stereocenters. The lowest BCUT2D eigenvalue weighted by Crippen LogP contribution is -2.38. The quantitative estimate of drug-likeness (QED) is 0.815. The van der Waals surface area contributed by atoms with E-state index in [4.69, 9.17) is 4.74 Å². The number of likely N-dealkylation sites (tertiary alicyclic amines) is 1. The Hall–Kier alpha value is -0.610. The van der Waals surface area contributed by atoms with Gasteiger partial charge < -0.3 is 15.0 Å². The minimum absolute atomic E-state index is 0.340. The average molecular weight is 252 g/mol. The van der Waals surface area contributed by atoms with Crippen LogP contribution < -0.4 is 5.32 Å². The molecule has 3 saturated heterocycles. The molecule has 0 saturated carbocycles. The van der Waals surface area contributed by atoms with Gasteiger partial charge >= 0.3 is 0 Å². The highest BCUT2D eigenvalue weighted by Gasteiger charge is 2.43. The van der Waals surface area contributed by atoms with Gasteiger partial charge in [0, 0.05) is 38.7 Å². The second-order valence-corrected chi connectivity index (χ2v) is 6.04. The fourth-order valence-corrected chi connectivity index (χ4v) is 3.80. The Morgan fingerprint density at radius 2 is 2.33 bits per heavy atom. The number of hydrogen-bond donors (Lipinski definition) is 1. The van der Waals surface area contributed by atoms with Gasteiger partial charge in [0.2, 0.25) is 5.91 Å². The Kier molecular flexibility index (Phi) is 3.57. The SMILES string of the molecule is CC1C2CNCC2CN1C(=O)CCC1CCCO1. The van der Waals surface area contributed by atoms with Crippen molar-refractivity contribution in [3.8, 4) is 0 Å². The molecule has 0 spiro atoms. The van der Waals surface area contributed by atoms with Crippen LogP contribution in [0.4, 0.5) is 0 Å². The minimum atomic E-state index is 0.340. The molecule has 3 heterocycles. The van der Waals surface area contributed by atoms with Gasteiger partial charge in [-0.25, -0.2) is 0 Å². The van der Waals surface area contributed by atoms with Gasteiger partial charge in [-0.3, -0.25) is 4.79 Å². The van der Waals surface area contributed by atoms with Crippen molar-refractivity contribution in [2.24, 2.45) is 11.8 Å². The van der Waals surface area contributed by atoms with E-state index in [0.717, 1.165) is 45.5 Å². The molecular formula is C14H24N2O2. The Morgan fingerprint density at radius 3 is 3.06 bits per heavy atom. The fourth-order valence-electron chi connectivity index (χ4n) is 3.80. The van der Waals surface area contributed by atoms with Crippen LogP contribution in [0.5, 0.6) is 0 Å². The Morgan fingerprint density at radius 1 is 1.44 bits per heavy atom. The molecule has 3 fully saturated rings. The zero-order valence-corrected chi connectivity index (χ0v) is 11.2. The van der Waals surface area contributed by atoms with Crippen molar-refractivity contribution in [1.82, 2.24) is 10.2 Å². The van der Waals surface area contributed by atoms with Crippen LogP contribution in [0.15, 0.2) is 0 Å². The third-order valence-corrected chi connectivity index (χ3v) is 4.96. The van der Waals surface area contributed by atoms with E-state index in [1.165, 1.54) is 0 Å². The van der Waals surface area contributed by atoms with Crippen molar-refractivity contribution in [3.05, 3.63) is 0 Å². The zero-order chi connectivity index (χ0) is 12.5. The van der Waals surface area contributed by atoms with Crippen LogP contribution >= 0.6 is 0 Å². The number of amides is 1. The molecule has 4 unspecified atom stereocenters. The largest absolute Gasteiger partial charge is 0.378 e. The second kappa shape index (κ2) is 5.17. The molecule has 0 radical (unpaired) electrons. The van der Waals surface area contributed by atoms with Crippen molar-refractivity contribution in [1.29, 1.82) is 0 Å². The van der Waals surface area contributed by atoms with E-state index < -0.39 is 0 Å². The van der Waals surface area contributed by atoms with Gasteiger partial charge in [0.15, 0.2) is 0 Å². The summed E-state index contributed by atoms with van der Waals surface area (Å²) in [6, 6.07) is 0.419. The van der Waals surface area contributed by atoms with Crippen LogP contribution in [-0.2, 0) is 9.53 Å². The lowest BCUT2D eigenvalue weighted by Gasteiger charge is -2.25. The lowest BCUT2D eigenvalue weighted by atomic mass is 9.95. The van der Waals surface area contributed by atoms with E-state index in [9.17, 15) is 4.79 Å². The van der Waals surface area contributed by atoms with Gasteiger partial charge in [-0.1, -0.05) is 0 Å². The summed E-state index contributed by atoms with van der Waals surface area (Å²) in [5, 5.41) is 3.43. The summed E-state index contributed by atoms with van der Waals surface area (Å²) in [7, 11) is 0. The van der Waals surface area contributed by atoms with Crippen molar-refractivity contribution in [2.75, 3.05) is 26.2 Å². The van der Waals surface area contributed by atoms with Crippen molar-refractivity contribution < 1.29 is 9.53 Å².